The molecule has 1 aromatic carbocycles. The van der Waals surface area contributed by atoms with Gasteiger partial charge in [-0.2, -0.15) is 8.78 Å². The number of rotatable bonds is 4. The van der Waals surface area contributed by atoms with Gasteiger partial charge in [0.2, 0.25) is 0 Å². The molecule has 0 heterocycles. The maximum absolute atomic E-state index is 13.1. The van der Waals surface area contributed by atoms with Gasteiger partial charge in [0.05, 0.1) is 0 Å². The van der Waals surface area contributed by atoms with Crippen molar-refractivity contribution in [2.75, 3.05) is 0 Å². The Morgan fingerprint density at radius 2 is 2.11 bits per heavy atom. The van der Waals surface area contributed by atoms with Crippen molar-refractivity contribution in [3.05, 3.63) is 41.5 Å². The van der Waals surface area contributed by atoms with Gasteiger partial charge in [0.15, 0.2) is 0 Å². The molecule has 0 bridgehead atoms. The van der Waals surface area contributed by atoms with E-state index in [1.165, 1.54) is 0 Å². The molecule has 0 spiro atoms. The monoisotopic (exact) mass is 266 g/mol. The van der Waals surface area contributed by atoms with Gasteiger partial charge in [-0.05, 0) is 29.4 Å². The number of carbonyl (C=O) groups is 1. The Morgan fingerprint density at radius 1 is 1.42 bits per heavy atom. The Hall–Kier alpha value is -1.71. The molecule has 1 N–H and O–H groups in total. The number of alkyl halides is 2. The van der Waals surface area contributed by atoms with E-state index in [-0.39, 0.29) is 6.42 Å². The van der Waals surface area contributed by atoms with Gasteiger partial charge in [-0.3, -0.25) is 0 Å². The van der Waals surface area contributed by atoms with Crippen LogP contribution in [-0.2, 0) is 11.2 Å². The molecule has 1 aromatic rings. The fraction of sp³-hybridized carbons (Fsp3) is 0.400. The predicted molar refractivity (Wildman–Crippen MR) is 69.1 cm³/mol. The van der Waals surface area contributed by atoms with E-state index in [1.54, 1.807) is 0 Å². The second kappa shape index (κ2) is 4.76. The standard InChI is InChI=1S/C15H16F2O2/c1-14(8-9-15(16,17)13(18)19)7-6-11-4-2-3-5-12(11)10-14/h2-7H,8-10H2,1H3,(H,18,19). The number of carboxylic acids is 1. The van der Waals surface area contributed by atoms with Gasteiger partial charge >= 0.3 is 11.9 Å². The van der Waals surface area contributed by atoms with E-state index < -0.39 is 23.7 Å². The van der Waals surface area contributed by atoms with Crippen LogP contribution < -0.4 is 0 Å². The van der Waals surface area contributed by atoms with E-state index in [0.717, 1.165) is 11.1 Å². The molecule has 102 valence electrons. The highest BCUT2D eigenvalue weighted by Gasteiger charge is 2.40. The predicted octanol–water partition coefficient (Wildman–Crippen LogP) is 3.76. The normalized spacial score (nSPS) is 22.1. The van der Waals surface area contributed by atoms with Crippen molar-refractivity contribution < 1.29 is 18.7 Å². The van der Waals surface area contributed by atoms with Crippen LogP contribution in [0.15, 0.2) is 30.3 Å². The van der Waals surface area contributed by atoms with E-state index in [0.29, 0.717) is 6.42 Å². The fourth-order valence-electron chi connectivity index (χ4n) is 2.36. The van der Waals surface area contributed by atoms with Crippen LogP contribution in [0.1, 0.15) is 30.9 Å². The summed E-state index contributed by atoms with van der Waals surface area (Å²) >= 11 is 0. The zero-order valence-electron chi connectivity index (χ0n) is 10.7. The number of aliphatic carboxylic acids is 1. The van der Waals surface area contributed by atoms with Gasteiger partial charge in [0.25, 0.3) is 0 Å². The summed E-state index contributed by atoms with van der Waals surface area (Å²) in [5, 5.41) is 8.44. The Bertz CT molecular complexity index is 523. The minimum atomic E-state index is -3.65. The molecular weight excluding hydrogens is 250 g/mol. The first-order valence-electron chi connectivity index (χ1n) is 6.21. The van der Waals surface area contributed by atoms with Crippen molar-refractivity contribution in [2.45, 2.75) is 32.1 Å². The highest BCUT2D eigenvalue weighted by atomic mass is 19.3. The van der Waals surface area contributed by atoms with Crippen molar-refractivity contribution in [3.63, 3.8) is 0 Å². The number of hydrogen-bond acceptors (Lipinski definition) is 1. The van der Waals surface area contributed by atoms with E-state index in [1.807, 2.05) is 43.3 Å². The molecule has 1 aliphatic rings. The largest absolute Gasteiger partial charge is 0.477 e. The van der Waals surface area contributed by atoms with Crippen molar-refractivity contribution >= 4 is 12.0 Å². The first-order chi connectivity index (χ1) is 8.82. The Morgan fingerprint density at radius 3 is 2.79 bits per heavy atom. The molecule has 2 nitrogen and oxygen atoms in total. The summed E-state index contributed by atoms with van der Waals surface area (Å²) < 4.78 is 26.3. The molecular formula is C15H16F2O2. The number of allylic oxidation sites excluding steroid dienone is 1. The SMILES string of the molecule is CC1(CCC(F)(F)C(=O)O)C=Cc2ccccc2C1. The van der Waals surface area contributed by atoms with Crippen molar-refractivity contribution in [3.8, 4) is 0 Å². The maximum Gasteiger partial charge on any atom is 0.374 e. The second-order valence-corrected chi connectivity index (χ2v) is 5.37. The highest BCUT2D eigenvalue weighted by Crippen LogP contribution is 2.38. The number of benzene rings is 1. The van der Waals surface area contributed by atoms with Crippen molar-refractivity contribution in [1.82, 2.24) is 0 Å². The first-order valence-corrected chi connectivity index (χ1v) is 6.21. The summed E-state index contributed by atoms with van der Waals surface area (Å²) in [6, 6.07) is 7.82. The molecule has 0 radical (unpaired) electrons. The fourth-order valence-corrected chi connectivity index (χ4v) is 2.36. The van der Waals surface area contributed by atoms with Crippen LogP contribution >= 0.6 is 0 Å². The topological polar surface area (TPSA) is 37.3 Å². The number of hydrogen-bond donors (Lipinski definition) is 1. The number of carboxylic acid groups (broad SMARTS) is 1. The molecule has 1 aliphatic carbocycles. The molecule has 19 heavy (non-hydrogen) atoms. The van der Waals surface area contributed by atoms with Gasteiger partial charge < -0.3 is 5.11 Å². The third-order valence-electron chi connectivity index (χ3n) is 3.64. The van der Waals surface area contributed by atoms with Crippen LogP contribution in [0.2, 0.25) is 0 Å². The Labute approximate surface area is 110 Å². The summed E-state index contributed by atoms with van der Waals surface area (Å²) in [6.45, 7) is 1.89. The highest BCUT2D eigenvalue weighted by molar-refractivity contribution is 5.75. The molecule has 0 saturated carbocycles. The first kappa shape index (κ1) is 13.7. The lowest BCUT2D eigenvalue weighted by Gasteiger charge is -2.31. The average Bonchev–Trinajstić information content (AvgIpc) is 2.36. The Kier molecular flexibility index (Phi) is 3.43. The minimum absolute atomic E-state index is 0.150. The van der Waals surface area contributed by atoms with Gasteiger partial charge in [0, 0.05) is 6.42 Å². The second-order valence-electron chi connectivity index (χ2n) is 5.37. The minimum Gasteiger partial charge on any atom is -0.477 e. The Balaban J connectivity index is 2.09. The molecule has 0 amide bonds. The number of halogens is 2. The zero-order chi connectivity index (χ0) is 14.1. The molecule has 0 fully saturated rings. The summed E-state index contributed by atoms with van der Waals surface area (Å²) in [6.07, 6.45) is 4.02. The smallest absolute Gasteiger partial charge is 0.374 e. The van der Waals surface area contributed by atoms with Gasteiger partial charge in [0.1, 0.15) is 0 Å². The average molecular weight is 266 g/mol. The molecule has 2 rings (SSSR count). The van der Waals surface area contributed by atoms with Crippen molar-refractivity contribution in [2.24, 2.45) is 5.41 Å². The van der Waals surface area contributed by atoms with Crippen LogP contribution in [0.5, 0.6) is 0 Å². The summed E-state index contributed by atoms with van der Waals surface area (Å²) in [4.78, 5) is 10.4. The maximum atomic E-state index is 13.1. The van der Waals surface area contributed by atoms with Crippen LogP contribution in [0.3, 0.4) is 0 Å². The molecule has 0 aromatic heterocycles. The molecule has 0 aliphatic heterocycles. The van der Waals surface area contributed by atoms with Gasteiger partial charge in [-0.15, -0.1) is 0 Å². The van der Waals surface area contributed by atoms with Crippen LogP contribution in [0, 0.1) is 5.41 Å². The quantitative estimate of drug-likeness (QED) is 0.900. The lowest BCUT2D eigenvalue weighted by molar-refractivity contribution is -0.166. The molecule has 1 atom stereocenters. The zero-order valence-corrected chi connectivity index (χ0v) is 10.7. The van der Waals surface area contributed by atoms with E-state index >= 15 is 0 Å². The summed E-state index contributed by atoms with van der Waals surface area (Å²) in [5.41, 5.74) is 1.81. The van der Waals surface area contributed by atoms with E-state index in [9.17, 15) is 13.6 Å². The van der Waals surface area contributed by atoms with Crippen molar-refractivity contribution in [1.29, 1.82) is 0 Å². The summed E-state index contributed by atoms with van der Waals surface area (Å²) in [5.74, 6) is -5.69. The van der Waals surface area contributed by atoms with Crippen LogP contribution in [0.4, 0.5) is 8.78 Å². The third kappa shape index (κ3) is 3.00. The van der Waals surface area contributed by atoms with Crippen LogP contribution in [0.25, 0.3) is 6.08 Å². The summed E-state index contributed by atoms with van der Waals surface area (Å²) in [7, 11) is 0. The molecule has 4 heteroatoms. The molecule has 1 unspecified atom stereocenters. The van der Waals surface area contributed by atoms with E-state index in [2.05, 4.69) is 0 Å². The van der Waals surface area contributed by atoms with Crippen LogP contribution in [-0.4, -0.2) is 17.0 Å². The van der Waals surface area contributed by atoms with Gasteiger partial charge in [-0.1, -0.05) is 43.3 Å². The lowest BCUT2D eigenvalue weighted by Crippen LogP contribution is -2.31. The van der Waals surface area contributed by atoms with E-state index in [4.69, 9.17) is 5.11 Å². The third-order valence-corrected chi connectivity index (χ3v) is 3.64. The lowest BCUT2D eigenvalue weighted by atomic mass is 9.74. The van der Waals surface area contributed by atoms with Gasteiger partial charge in [-0.25, -0.2) is 4.79 Å². The molecule has 0 saturated heterocycles. The number of fused-ring (bicyclic) bond motifs is 1.